The van der Waals surface area contributed by atoms with E-state index in [9.17, 15) is 14.4 Å². The lowest BCUT2D eigenvalue weighted by Crippen LogP contribution is -2.27. The van der Waals surface area contributed by atoms with Gasteiger partial charge in [0.1, 0.15) is 0 Å². The average Bonchev–Trinajstić information content (AvgIpc) is 3.00. The highest BCUT2D eigenvalue weighted by Crippen LogP contribution is 2.37. The van der Waals surface area contributed by atoms with Crippen molar-refractivity contribution >= 4 is 57.5 Å². The fourth-order valence-corrected chi connectivity index (χ4v) is 4.70. The number of amides is 2. The molecule has 32 heavy (non-hydrogen) atoms. The standard InChI is InChI=1S/C23H22INO6S/c1-4-30-20(26)13-31-21-17(24)9-16(10-18(21)29-3)11-19-22(27)25(23(28)32-19)12-15-7-5-6-14(2)8-15/h5-11H,4,12-13H2,1-3H3/b19-11-. The van der Waals surface area contributed by atoms with Gasteiger partial charge in [0.2, 0.25) is 0 Å². The van der Waals surface area contributed by atoms with E-state index in [1.54, 1.807) is 25.1 Å². The van der Waals surface area contributed by atoms with Crippen molar-refractivity contribution in [3.05, 3.63) is 61.6 Å². The second kappa shape index (κ2) is 10.9. The number of benzene rings is 2. The molecule has 1 heterocycles. The predicted octanol–water partition coefficient (Wildman–Crippen LogP) is 4.79. The minimum absolute atomic E-state index is 0.227. The molecule has 0 spiro atoms. The molecule has 2 amide bonds. The van der Waals surface area contributed by atoms with E-state index in [1.165, 1.54) is 12.0 Å². The van der Waals surface area contributed by atoms with Crippen molar-refractivity contribution in [2.75, 3.05) is 20.3 Å². The van der Waals surface area contributed by atoms with Gasteiger partial charge in [-0.2, -0.15) is 0 Å². The number of thioether (sulfide) groups is 1. The number of hydrogen-bond acceptors (Lipinski definition) is 7. The highest BCUT2D eigenvalue weighted by molar-refractivity contribution is 14.1. The molecule has 0 aromatic heterocycles. The van der Waals surface area contributed by atoms with Gasteiger partial charge in [-0.15, -0.1) is 0 Å². The summed E-state index contributed by atoms with van der Waals surface area (Å²) in [6, 6.07) is 11.2. The Bertz CT molecular complexity index is 1080. The monoisotopic (exact) mass is 567 g/mol. The van der Waals surface area contributed by atoms with Crippen molar-refractivity contribution in [3.8, 4) is 11.5 Å². The Hall–Kier alpha value is -2.53. The molecule has 0 aliphatic carbocycles. The molecule has 168 valence electrons. The van der Waals surface area contributed by atoms with E-state index >= 15 is 0 Å². The van der Waals surface area contributed by atoms with Crippen LogP contribution >= 0.6 is 34.4 Å². The molecule has 2 aromatic carbocycles. The second-order valence-electron chi connectivity index (χ2n) is 6.88. The van der Waals surface area contributed by atoms with Crippen LogP contribution in [0.4, 0.5) is 4.79 Å². The van der Waals surface area contributed by atoms with Crippen LogP contribution in [0.1, 0.15) is 23.6 Å². The maximum atomic E-state index is 12.9. The number of imide groups is 1. The first-order valence-electron chi connectivity index (χ1n) is 9.79. The number of carbonyl (C=O) groups is 3. The second-order valence-corrected chi connectivity index (χ2v) is 9.04. The molecule has 0 unspecified atom stereocenters. The van der Waals surface area contributed by atoms with Crippen LogP contribution in [0.25, 0.3) is 6.08 Å². The van der Waals surface area contributed by atoms with Gasteiger partial charge in [-0.1, -0.05) is 29.8 Å². The van der Waals surface area contributed by atoms with Crippen molar-refractivity contribution in [2.24, 2.45) is 0 Å². The molecule has 1 aliphatic heterocycles. The minimum Gasteiger partial charge on any atom is -0.493 e. The van der Waals surface area contributed by atoms with Crippen LogP contribution in [0.15, 0.2) is 41.3 Å². The highest BCUT2D eigenvalue weighted by atomic mass is 127. The molecule has 1 saturated heterocycles. The lowest BCUT2D eigenvalue weighted by molar-refractivity contribution is -0.145. The Morgan fingerprint density at radius 2 is 2.00 bits per heavy atom. The van der Waals surface area contributed by atoms with Gasteiger partial charge < -0.3 is 14.2 Å². The maximum Gasteiger partial charge on any atom is 0.344 e. The number of halogens is 1. The number of nitrogens with zero attached hydrogens (tertiary/aromatic N) is 1. The largest absolute Gasteiger partial charge is 0.493 e. The van der Waals surface area contributed by atoms with Gasteiger partial charge in [0.25, 0.3) is 11.1 Å². The van der Waals surface area contributed by atoms with Crippen molar-refractivity contribution in [2.45, 2.75) is 20.4 Å². The highest BCUT2D eigenvalue weighted by Gasteiger charge is 2.35. The van der Waals surface area contributed by atoms with Crippen molar-refractivity contribution < 1.29 is 28.6 Å². The Morgan fingerprint density at radius 3 is 2.69 bits per heavy atom. The topological polar surface area (TPSA) is 82.1 Å². The first-order valence-corrected chi connectivity index (χ1v) is 11.7. The summed E-state index contributed by atoms with van der Waals surface area (Å²) in [6.45, 7) is 3.95. The summed E-state index contributed by atoms with van der Waals surface area (Å²) in [5, 5.41) is -0.307. The van der Waals surface area contributed by atoms with E-state index in [0.29, 0.717) is 25.5 Å². The molecular formula is C23H22INO6S. The molecule has 1 fully saturated rings. The fourth-order valence-electron chi connectivity index (χ4n) is 3.08. The van der Waals surface area contributed by atoms with Crippen molar-refractivity contribution in [1.29, 1.82) is 0 Å². The molecule has 0 radical (unpaired) electrons. The molecule has 0 N–H and O–H groups in total. The smallest absolute Gasteiger partial charge is 0.344 e. The lowest BCUT2D eigenvalue weighted by atomic mass is 10.1. The maximum absolute atomic E-state index is 12.9. The quantitative estimate of drug-likeness (QED) is 0.258. The van der Waals surface area contributed by atoms with Crippen LogP contribution in [0.2, 0.25) is 0 Å². The summed E-state index contributed by atoms with van der Waals surface area (Å²) in [5.41, 5.74) is 2.64. The third-order valence-corrected chi connectivity index (χ3v) is 6.19. The van der Waals surface area contributed by atoms with Gasteiger partial charge in [0.05, 0.1) is 28.7 Å². The first-order chi connectivity index (χ1) is 15.3. The molecule has 0 atom stereocenters. The van der Waals surface area contributed by atoms with Gasteiger partial charge in [-0.3, -0.25) is 14.5 Å². The van der Waals surface area contributed by atoms with Gasteiger partial charge in [0.15, 0.2) is 18.1 Å². The number of esters is 1. The first kappa shape index (κ1) is 24.1. The average molecular weight is 567 g/mol. The molecule has 7 nitrogen and oxygen atoms in total. The van der Waals surface area contributed by atoms with Crippen LogP contribution in [-0.2, 0) is 20.9 Å². The minimum atomic E-state index is -0.475. The van der Waals surface area contributed by atoms with Gasteiger partial charge in [-0.25, -0.2) is 4.79 Å². The molecule has 9 heteroatoms. The van der Waals surface area contributed by atoms with Crippen molar-refractivity contribution in [3.63, 3.8) is 0 Å². The van der Waals surface area contributed by atoms with Crippen molar-refractivity contribution in [1.82, 2.24) is 4.90 Å². The molecule has 2 aromatic rings. The zero-order chi connectivity index (χ0) is 23.3. The Morgan fingerprint density at radius 1 is 1.22 bits per heavy atom. The third-order valence-electron chi connectivity index (χ3n) is 4.49. The zero-order valence-electron chi connectivity index (χ0n) is 17.8. The normalized spacial score (nSPS) is 14.8. The van der Waals surface area contributed by atoms with Crippen LogP contribution in [0, 0.1) is 10.5 Å². The predicted molar refractivity (Wildman–Crippen MR) is 131 cm³/mol. The summed E-state index contributed by atoms with van der Waals surface area (Å²) >= 11 is 2.97. The number of rotatable bonds is 8. The molecule has 0 saturated carbocycles. The molecule has 1 aliphatic rings. The molecule has 3 rings (SSSR count). The fraction of sp³-hybridized carbons (Fsp3) is 0.261. The van der Waals surface area contributed by atoms with E-state index in [4.69, 9.17) is 14.2 Å². The lowest BCUT2D eigenvalue weighted by Gasteiger charge is -2.13. The summed E-state index contributed by atoms with van der Waals surface area (Å²) in [7, 11) is 1.49. The number of aryl methyl sites for hydroxylation is 1. The summed E-state index contributed by atoms with van der Waals surface area (Å²) < 4.78 is 16.5. The van der Waals surface area contributed by atoms with E-state index in [-0.39, 0.29) is 30.9 Å². The molecular weight excluding hydrogens is 545 g/mol. The van der Waals surface area contributed by atoms with E-state index in [2.05, 4.69) is 22.6 Å². The van der Waals surface area contributed by atoms with Gasteiger partial charge in [0, 0.05) is 0 Å². The molecule has 0 bridgehead atoms. The summed E-state index contributed by atoms with van der Waals surface area (Å²) in [4.78, 5) is 38.5. The summed E-state index contributed by atoms with van der Waals surface area (Å²) in [5.74, 6) is 0.00660. The number of hydrogen-bond donors (Lipinski definition) is 0. The van der Waals surface area contributed by atoms with Gasteiger partial charge >= 0.3 is 5.97 Å². The van der Waals surface area contributed by atoms with Gasteiger partial charge in [-0.05, 0) is 77.5 Å². The van der Waals surface area contributed by atoms with E-state index in [0.717, 1.165) is 22.9 Å². The van der Waals surface area contributed by atoms with Crippen LogP contribution < -0.4 is 9.47 Å². The number of ether oxygens (including phenoxy) is 3. The van der Waals surface area contributed by atoms with Crippen LogP contribution in [0.3, 0.4) is 0 Å². The van der Waals surface area contributed by atoms with E-state index < -0.39 is 5.97 Å². The Balaban J connectivity index is 1.80. The Kier molecular flexibility index (Phi) is 8.19. The third kappa shape index (κ3) is 5.83. The number of methoxy groups -OCH3 is 1. The SMILES string of the molecule is CCOC(=O)COc1c(I)cc(/C=C2\SC(=O)N(Cc3cccc(C)c3)C2=O)cc1OC. The Labute approximate surface area is 204 Å². The zero-order valence-corrected chi connectivity index (χ0v) is 20.8. The van der Waals surface area contributed by atoms with Crippen LogP contribution in [0.5, 0.6) is 11.5 Å². The summed E-state index contributed by atoms with van der Waals surface area (Å²) in [6.07, 6.45) is 1.65. The van der Waals surface area contributed by atoms with E-state index in [1.807, 2.05) is 31.2 Å². The number of carbonyl (C=O) groups excluding carboxylic acids is 3. The van der Waals surface area contributed by atoms with Crippen LogP contribution in [-0.4, -0.2) is 42.3 Å².